The van der Waals surface area contributed by atoms with Crippen molar-refractivity contribution in [1.82, 2.24) is 0 Å². The maximum Gasteiger partial charge on any atom is 0.270 e. The van der Waals surface area contributed by atoms with Crippen LogP contribution in [-0.4, -0.2) is 10.8 Å². The van der Waals surface area contributed by atoms with Crippen LogP contribution in [0, 0.1) is 15.9 Å². The molecule has 0 heterocycles. The molecule has 0 saturated carbocycles. The number of ether oxygens (including phenoxy) is 1. The van der Waals surface area contributed by atoms with Crippen LogP contribution in [0.2, 0.25) is 5.02 Å². The van der Waals surface area contributed by atoms with Crippen molar-refractivity contribution >= 4 is 28.9 Å². The molecule has 3 aromatic rings. The number of rotatable bonds is 5. The first-order chi connectivity index (χ1) is 12.9. The molecule has 0 unspecified atom stereocenters. The molecule has 0 spiro atoms. The molecule has 0 aliphatic heterocycles. The Bertz CT molecular complexity index is 1030. The summed E-state index contributed by atoms with van der Waals surface area (Å²) in [6, 6.07) is 15.7. The number of nitrogens with one attached hydrogen (secondary N) is 1. The fourth-order valence-electron chi connectivity index (χ4n) is 2.31. The number of hydrogen-bond donors (Lipinski definition) is 1. The van der Waals surface area contributed by atoms with Crippen LogP contribution in [0.3, 0.4) is 0 Å². The van der Waals surface area contributed by atoms with Gasteiger partial charge in [-0.2, -0.15) is 0 Å². The number of para-hydroxylation sites is 2. The van der Waals surface area contributed by atoms with Crippen LogP contribution < -0.4 is 10.1 Å². The molecule has 0 radical (unpaired) electrons. The van der Waals surface area contributed by atoms with E-state index in [1.54, 1.807) is 30.3 Å². The highest BCUT2D eigenvalue weighted by Crippen LogP contribution is 2.31. The Hall–Kier alpha value is -3.45. The van der Waals surface area contributed by atoms with E-state index in [0.717, 1.165) is 6.07 Å². The van der Waals surface area contributed by atoms with Crippen molar-refractivity contribution in [2.45, 2.75) is 0 Å². The van der Waals surface area contributed by atoms with Crippen molar-refractivity contribution in [3.05, 3.63) is 93.2 Å². The lowest BCUT2D eigenvalue weighted by Gasteiger charge is -2.12. The number of non-ortho nitro benzene ring substituents is 1. The van der Waals surface area contributed by atoms with Gasteiger partial charge < -0.3 is 10.1 Å². The number of nitro groups is 1. The normalized spacial score (nSPS) is 10.3. The molecule has 0 fully saturated rings. The van der Waals surface area contributed by atoms with Crippen molar-refractivity contribution in [3.8, 4) is 11.5 Å². The number of nitro benzene ring substituents is 1. The van der Waals surface area contributed by atoms with Gasteiger partial charge in [-0.05, 0) is 30.3 Å². The summed E-state index contributed by atoms with van der Waals surface area (Å²) in [5.41, 5.74) is 0.190. The number of hydrogen-bond acceptors (Lipinski definition) is 4. The topological polar surface area (TPSA) is 81.5 Å². The Morgan fingerprint density at radius 3 is 2.56 bits per heavy atom. The molecule has 1 amide bonds. The van der Waals surface area contributed by atoms with Crippen molar-refractivity contribution in [2.24, 2.45) is 0 Å². The zero-order valence-electron chi connectivity index (χ0n) is 13.7. The maximum atomic E-state index is 13.3. The van der Waals surface area contributed by atoms with E-state index in [9.17, 15) is 19.3 Å². The standard InChI is InChI=1S/C19H12ClFN2O4/c20-16-11-13(23(25)26)8-9-15(16)19(24)22-17-6-1-2-7-18(17)27-14-5-3-4-12(21)10-14/h1-11H,(H,22,24). The number of carbonyl (C=O) groups is 1. The van der Waals surface area contributed by atoms with Crippen molar-refractivity contribution in [3.63, 3.8) is 0 Å². The summed E-state index contributed by atoms with van der Waals surface area (Å²) >= 11 is 5.98. The molecule has 6 nitrogen and oxygen atoms in total. The molecular weight excluding hydrogens is 375 g/mol. The van der Waals surface area contributed by atoms with E-state index in [1.807, 2.05) is 0 Å². The van der Waals surface area contributed by atoms with Gasteiger partial charge >= 0.3 is 0 Å². The Labute approximate surface area is 158 Å². The summed E-state index contributed by atoms with van der Waals surface area (Å²) in [7, 11) is 0. The van der Waals surface area contributed by atoms with Gasteiger partial charge in [-0.3, -0.25) is 14.9 Å². The van der Waals surface area contributed by atoms with Gasteiger partial charge in [0.1, 0.15) is 11.6 Å². The Morgan fingerprint density at radius 1 is 1.07 bits per heavy atom. The van der Waals surface area contributed by atoms with Gasteiger partial charge in [-0.15, -0.1) is 0 Å². The molecule has 136 valence electrons. The predicted octanol–water partition coefficient (Wildman–Crippen LogP) is 5.43. The number of carbonyl (C=O) groups excluding carboxylic acids is 1. The Balaban J connectivity index is 1.84. The third kappa shape index (κ3) is 4.39. The summed E-state index contributed by atoms with van der Waals surface area (Å²) in [6.07, 6.45) is 0. The lowest BCUT2D eigenvalue weighted by molar-refractivity contribution is -0.384. The minimum absolute atomic E-state index is 0.0507. The highest BCUT2D eigenvalue weighted by molar-refractivity contribution is 6.34. The molecule has 3 rings (SSSR count). The largest absolute Gasteiger partial charge is 0.455 e. The number of amides is 1. The van der Waals surface area contributed by atoms with E-state index in [4.69, 9.17) is 16.3 Å². The number of halogens is 2. The average molecular weight is 387 g/mol. The Morgan fingerprint density at radius 2 is 1.85 bits per heavy atom. The van der Waals surface area contributed by atoms with Crippen LogP contribution in [0.4, 0.5) is 15.8 Å². The molecular formula is C19H12ClFN2O4. The number of benzene rings is 3. The van der Waals surface area contributed by atoms with Gasteiger partial charge in [0, 0.05) is 18.2 Å². The second kappa shape index (κ2) is 7.84. The quantitative estimate of drug-likeness (QED) is 0.468. The van der Waals surface area contributed by atoms with Gasteiger partial charge in [-0.25, -0.2) is 4.39 Å². The van der Waals surface area contributed by atoms with Gasteiger partial charge in [0.15, 0.2) is 5.75 Å². The van der Waals surface area contributed by atoms with Crippen LogP contribution in [0.15, 0.2) is 66.7 Å². The van der Waals surface area contributed by atoms with E-state index in [1.165, 1.54) is 30.3 Å². The highest BCUT2D eigenvalue weighted by Gasteiger charge is 2.16. The fraction of sp³-hybridized carbons (Fsp3) is 0. The summed E-state index contributed by atoms with van der Waals surface area (Å²) in [6.45, 7) is 0. The van der Waals surface area contributed by atoms with Crippen LogP contribution in [0.25, 0.3) is 0 Å². The summed E-state index contributed by atoms with van der Waals surface area (Å²) in [4.78, 5) is 22.7. The average Bonchev–Trinajstić information content (AvgIpc) is 2.63. The van der Waals surface area contributed by atoms with Gasteiger partial charge in [-0.1, -0.05) is 29.8 Å². The molecule has 0 aliphatic carbocycles. The smallest absolute Gasteiger partial charge is 0.270 e. The SMILES string of the molecule is O=C(Nc1ccccc1Oc1cccc(F)c1)c1ccc([N+](=O)[O-])cc1Cl. The first-order valence-corrected chi connectivity index (χ1v) is 8.09. The molecule has 0 saturated heterocycles. The van der Waals surface area contributed by atoms with E-state index >= 15 is 0 Å². The van der Waals surface area contributed by atoms with E-state index < -0.39 is 16.6 Å². The molecule has 27 heavy (non-hydrogen) atoms. The van der Waals surface area contributed by atoms with Crippen LogP contribution >= 0.6 is 11.6 Å². The molecule has 0 aliphatic rings. The predicted molar refractivity (Wildman–Crippen MR) is 99.0 cm³/mol. The van der Waals surface area contributed by atoms with E-state index in [0.29, 0.717) is 11.4 Å². The zero-order valence-corrected chi connectivity index (χ0v) is 14.4. The monoisotopic (exact) mass is 386 g/mol. The van der Waals surface area contributed by atoms with Crippen molar-refractivity contribution < 1.29 is 18.8 Å². The van der Waals surface area contributed by atoms with Crippen molar-refractivity contribution in [1.29, 1.82) is 0 Å². The van der Waals surface area contributed by atoms with E-state index in [-0.39, 0.29) is 22.0 Å². The van der Waals surface area contributed by atoms with Gasteiger partial charge in [0.25, 0.3) is 11.6 Å². The zero-order chi connectivity index (χ0) is 19.4. The second-order valence-corrected chi connectivity index (χ2v) is 5.84. The number of anilines is 1. The van der Waals surface area contributed by atoms with Crippen LogP contribution in [0.5, 0.6) is 11.5 Å². The summed E-state index contributed by atoms with van der Waals surface area (Å²) in [5.74, 6) is -0.448. The van der Waals surface area contributed by atoms with Crippen LogP contribution in [-0.2, 0) is 0 Å². The summed E-state index contributed by atoms with van der Waals surface area (Å²) in [5, 5.41) is 13.4. The van der Waals surface area contributed by atoms with Crippen molar-refractivity contribution in [2.75, 3.05) is 5.32 Å². The maximum absolute atomic E-state index is 13.3. The summed E-state index contributed by atoms with van der Waals surface area (Å²) < 4.78 is 19.0. The molecule has 8 heteroatoms. The Kier molecular flexibility index (Phi) is 5.33. The fourth-order valence-corrected chi connectivity index (χ4v) is 2.57. The lowest BCUT2D eigenvalue weighted by Crippen LogP contribution is -2.13. The number of nitrogens with zero attached hydrogens (tertiary/aromatic N) is 1. The third-order valence-corrected chi connectivity index (χ3v) is 3.88. The second-order valence-electron chi connectivity index (χ2n) is 5.43. The molecule has 0 bridgehead atoms. The first-order valence-electron chi connectivity index (χ1n) is 7.72. The first kappa shape index (κ1) is 18.3. The molecule has 0 aromatic heterocycles. The van der Waals surface area contributed by atoms with E-state index in [2.05, 4.69) is 5.32 Å². The minimum Gasteiger partial charge on any atom is -0.455 e. The minimum atomic E-state index is -0.601. The van der Waals surface area contributed by atoms with Crippen LogP contribution in [0.1, 0.15) is 10.4 Å². The molecule has 3 aromatic carbocycles. The lowest BCUT2D eigenvalue weighted by atomic mass is 10.2. The van der Waals surface area contributed by atoms with Gasteiger partial charge in [0.05, 0.1) is 21.2 Å². The van der Waals surface area contributed by atoms with Gasteiger partial charge in [0.2, 0.25) is 0 Å². The molecule has 1 N–H and O–H groups in total. The molecule has 0 atom stereocenters. The highest BCUT2D eigenvalue weighted by atomic mass is 35.5. The third-order valence-electron chi connectivity index (χ3n) is 3.57.